The maximum atomic E-state index is 4.33. The summed E-state index contributed by atoms with van der Waals surface area (Å²) >= 11 is 0. The van der Waals surface area contributed by atoms with Gasteiger partial charge in [-0.05, 0) is 32.4 Å². The van der Waals surface area contributed by atoms with Crippen molar-refractivity contribution in [2.75, 3.05) is 32.7 Å². The van der Waals surface area contributed by atoms with Crippen LogP contribution >= 0.6 is 0 Å². The van der Waals surface area contributed by atoms with Crippen molar-refractivity contribution < 1.29 is 0 Å². The molecule has 0 aromatic carbocycles. The molecule has 74 valence electrons. The highest BCUT2D eigenvalue weighted by molar-refractivity contribution is 5.57. The predicted octanol–water partition coefficient (Wildman–Crippen LogP) is 0.515. The Balaban J connectivity index is 1.83. The van der Waals surface area contributed by atoms with Crippen LogP contribution in [0.4, 0.5) is 0 Å². The van der Waals surface area contributed by atoms with Crippen molar-refractivity contribution in [1.29, 1.82) is 0 Å². The Hall–Kier alpha value is -0.410. The Morgan fingerprint density at radius 1 is 1.23 bits per heavy atom. The van der Waals surface area contributed by atoms with E-state index >= 15 is 0 Å². The van der Waals surface area contributed by atoms with Gasteiger partial charge in [-0.2, -0.15) is 0 Å². The summed E-state index contributed by atoms with van der Waals surface area (Å²) in [7, 11) is 0. The molecule has 0 bridgehead atoms. The van der Waals surface area contributed by atoms with Crippen LogP contribution in [0.15, 0.2) is 4.99 Å². The molecule has 3 nitrogen and oxygen atoms in total. The van der Waals surface area contributed by atoms with Crippen molar-refractivity contribution in [1.82, 2.24) is 10.2 Å². The lowest BCUT2D eigenvalue weighted by molar-refractivity contribution is 0.174. The molecule has 3 heteroatoms. The largest absolute Gasteiger partial charge is 0.317 e. The first-order chi connectivity index (χ1) is 6.47. The first-order valence-corrected chi connectivity index (χ1v) is 5.40. The molecule has 0 saturated carbocycles. The van der Waals surface area contributed by atoms with E-state index in [-0.39, 0.29) is 0 Å². The van der Waals surface area contributed by atoms with Gasteiger partial charge in [0.1, 0.15) is 0 Å². The summed E-state index contributed by atoms with van der Waals surface area (Å²) in [4.78, 5) is 6.95. The Kier molecular flexibility index (Phi) is 3.33. The second-order valence-corrected chi connectivity index (χ2v) is 3.89. The van der Waals surface area contributed by atoms with E-state index in [1.807, 2.05) is 0 Å². The number of nitrogens with zero attached hydrogens (tertiary/aromatic N) is 2. The molecule has 1 N–H and O–H groups in total. The van der Waals surface area contributed by atoms with Gasteiger partial charge in [0.25, 0.3) is 0 Å². The van der Waals surface area contributed by atoms with Gasteiger partial charge in [0.2, 0.25) is 0 Å². The van der Waals surface area contributed by atoms with Crippen molar-refractivity contribution in [2.24, 2.45) is 4.99 Å². The van der Waals surface area contributed by atoms with Crippen molar-refractivity contribution >= 4 is 6.21 Å². The van der Waals surface area contributed by atoms with Crippen molar-refractivity contribution in [3.05, 3.63) is 0 Å². The Bertz CT molecular complexity index is 163. The third-order valence-corrected chi connectivity index (χ3v) is 3.02. The Morgan fingerprint density at radius 3 is 2.92 bits per heavy atom. The average Bonchev–Trinajstić information content (AvgIpc) is 2.47. The SMILES string of the molecule is C1=NCCN(C2CCNCC2)CC1. The molecule has 0 atom stereocenters. The third-order valence-electron chi connectivity index (χ3n) is 3.02. The fourth-order valence-corrected chi connectivity index (χ4v) is 2.24. The zero-order chi connectivity index (χ0) is 8.93. The van der Waals surface area contributed by atoms with Crippen LogP contribution in [0, 0.1) is 0 Å². The molecule has 0 amide bonds. The number of nitrogens with one attached hydrogen (secondary N) is 1. The minimum Gasteiger partial charge on any atom is -0.317 e. The lowest BCUT2D eigenvalue weighted by Gasteiger charge is -2.33. The molecule has 0 unspecified atom stereocenters. The number of piperidine rings is 1. The topological polar surface area (TPSA) is 27.6 Å². The summed E-state index contributed by atoms with van der Waals surface area (Å²) in [5, 5.41) is 3.41. The van der Waals surface area contributed by atoms with Gasteiger partial charge in [-0.3, -0.25) is 9.89 Å². The maximum absolute atomic E-state index is 4.33. The van der Waals surface area contributed by atoms with Gasteiger partial charge in [-0.1, -0.05) is 0 Å². The third kappa shape index (κ3) is 2.51. The molecule has 1 fully saturated rings. The van der Waals surface area contributed by atoms with E-state index in [2.05, 4.69) is 21.4 Å². The van der Waals surface area contributed by atoms with Crippen LogP contribution in [-0.4, -0.2) is 49.9 Å². The fourth-order valence-electron chi connectivity index (χ4n) is 2.24. The smallest absolute Gasteiger partial charge is 0.0512 e. The van der Waals surface area contributed by atoms with Crippen LogP contribution in [0.1, 0.15) is 19.3 Å². The van der Waals surface area contributed by atoms with E-state index in [4.69, 9.17) is 0 Å². The van der Waals surface area contributed by atoms with Crippen LogP contribution in [0.25, 0.3) is 0 Å². The molecule has 0 aromatic heterocycles. The van der Waals surface area contributed by atoms with Gasteiger partial charge in [-0.25, -0.2) is 0 Å². The van der Waals surface area contributed by atoms with E-state index in [9.17, 15) is 0 Å². The van der Waals surface area contributed by atoms with Crippen LogP contribution in [0.2, 0.25) is 0 Å². The first-order valence-electron chi connectivity index (χ1n) is 5.40. The van der Waals surface area contributed by atoms with Crippen molar-refractivity contribution in [3.63, 3.8) is 0 Å². The second-order valence-electron chi connectivity index (χ2n) is 3.89. The first kappa shape index (κ1) is 9.16. The quantitative estimate of drug-likeness (QED) is 0.638. The van der Waals surface area contributed by atoms with E-state index in [0.717, 1.165) is 19.0 Å². The molecule has 13 heavy (non-hydrogen) atoms. The van der Waals surface area contributed by atoms with E-state index < -0.39 is 0 Å². The number of hydrogen-bond acceptors (Lipinski definition) is 3. The second kappa shape index (κ2) is 4.72. The average molecular weight is 181 g/mol. The summed E-state index contributed by atoms with van der Waals surface area (Å²) < 4.78 is 0. The summed E-state index contributed by atoms with van der Waals surface area (Å²) in [5.41, 5.74) is 0. The standard InChI is InChI=1S/C10H19N3/c1-4-11-7-9-13(8-1)10-2-5-12-6-3-10/h4,10,12H,1-3,5-9H2. The predicted molar refractivity (Wildman–Crippen MR) is 55.4 cm³/mol. The lowest BCUT2D eigenvalue weighted by Crippen LogP contribution is -2.44. The number of rotatable bonds is 1. The zero-order valence-corrected chi connectivity index (χ0v) is 8.21. The molecular formula is C10H19N3. The fraction of sp³-hybridized carbons (Fsp3) is 0.900. The van der Waals surface area contributed by atoms with Crippen LogP contribution in [-0.2, 0) is 0 Å². The molecule has 2 heterocycles. The molecule has 2 aliphatic heterocycles. The minimum absolute atomic E-state index is 0.822. The lowest BCUT2D eigenvalue weighted by atomic mass is 10.0. The van der Waals surface area contributed by atoms with Crippen LogP contribution in [0.3, 0.4) is 0 Å². The normalized spacial score (nSPS) is 27.4. The Morgan fingerprint density at radius 2 is 2.08 bits per heavy atom. The molecule has 2 rings (SSSR count). The summed E-state index contributed by atoms with van der Waals surface area (Å²) in [5.74, 6) is 0. The summed E-state index contributed by atoms with van der Waals surface area (Å²) in [6.07, 6.45) is 5.87. The van der Waals surface area contributed by atoms with E-state index in [0.29, 0.717) is 0 Å². The van der Waals surface area contributed by atoms with Gasteiger partial charge in [0.15, 0.2) is 0 Å². The number of hydrogen-bond donors (Lipinski definition) is 1. The maximum Gasteiger partial charge on any atom is 0.0512 e. The highest BCUT2D eigenvalue weighted by Gasteiger charge is 2.20. The zero-order valence-electron chi connectivity index (χ0n) is 8.21. The van der Waals surface area contributed by atoms with Crippen LogP contribution in [0.5, 0.6) is 0 Å². The van der Waals surface area contributed by atoms with Gasteiger partial charge >= 0.3 is 0 Å². The molecule has 2 aliphatic rings. The minimum atomic E-state index is 0.822. The summed E-state index contributed by atoms with van der Waals surface area (Å²) in [6, 6.07) is 0.822. The molecule has 1 saturated heterocycles. The van der Waals surface area contributed by atoms with Gasteiger partial charge in [-0.15, -0.1) is 0 Å². The van der Waals surface area contributed by atoms with E-state index in [1.54, 1.807) is 0 Å². The van der Waals surface area contributed by atoms with Crippen molar-refractivity contribution in [2.45, 2.75) is 25.3 Å². The molecule has 0 aliphatic carbocycles. The molecular weight excluding hydrogens is 162 g/mol. The van der Waals surface area contributed by atoms with Crippen molar-refractivity contribution in [3.8, 4) is 0 Å². The monoisotopic (exact) mass is 181 g/mol. The highest BCUT2D eigenvalue weighted by Crippen LogP contribution is 2.12. The van der Waals surface area contributed by atoms with Crippen LogP contribution < -0.4 is 5.32 Å². The van der Waals surface area contributed by atoms with Gasteiger partial charge < -0.3 is 5.32 Å². The van der Waals surface area contributed by atoms with Gasteiger partial charge in [0.05, 0.1) is 6.54 Å². The molecule has 0 radical (unpaired) electrons. The Labute approximate surface area is 80.2 Å². The highest BCUT2D eigenvalue weighted by atomic mass is 15.2. The number of aliphatic imine (C=N–C) groups is 1. The molecule has 0 spiro atoms. The van der Waals surface area contributed by atoms with Gasteiger partial charge in [0, 0.05) is 25.3 Å². The summed E-state index contributed by atoms with van der Waals surface area (Å²) in [6.45, 7) is 5.78. The van der Waals surface area contributed by atoms with E-state index in [1.165, 1.54) is 39.0 Å². The molecule has 0 aromatic rings.